The van der Waals surface area contributed by atoms with E-state index in [4.69, 9.17) is 4.99 Å². The van der Waals surface area contributed by atoms with Crippen molar-refractivity contribution in [2.45, 2.75) is 64.8 Å². The lowest BCUT2D eigenvalue weighted by atomic mass is 10.0. The van der Waals surface area contributed by atoms with Gasteiger partial charge in [0.1, 0.15) is 0 Å². The van der Waals surface area contributed by atoms with Crippen LogP contribution in [0.4, 0.5) is 0 Å². The maximum absolute atomic E-state index is 11.9. The van der Waals surface area contributed by atoms with E-state index in [1.165, 1.54) is 45.1 Å². The van der Waals surface area contributed by atoms with Crippen molar-refractivity contribution in [3.63, 3.8) is 0 Å². The summed E-state index contributed by atoms with van der Waals surface area (Å²) in [5.41, 5.74) is 0. The van der Waals surface area contributed by atoms with Crippen LogP contribution < -0.4 is 16.0 Å². The van der Waals surface area contributed by atoms with E-state index in [0.717, 1.165) is 25.6 Å². The molecule has 0 bridgehead atoms. The molecule has 2 rings (SSSR count). The van der Waals surface area contributed by atoms with Crippen molar-refractivity contribution in [1.82, 2.24) is 20.9 Å². The van der Waals surface area contributed by atoms with E-state index < -0.39 is 0 Å². The molecule has 0 aromatic carbocycles. The number of hydrogen-bond acceptors (Lipinski definition) is 3. The Morgan fingerprint density at radius 1 is 1.04 bits per heavy atom. The third-order valence-corrected chi connectivity index (χ3v) is 5.40. The molecule has 1 aliphatic carbocycles. The van der Waals surface area contributed by atoms with E-state index in [1.807, 2.05) is 0 Å². The first kappa shape index (κ1) is 20.0. The Morgan fingerprint density at radius 2 is 1.80 bits per heavy atom. The van der Waals surface area contributed by atoms with E-state index in [-0.39, 0.29) is 5.91 Å². The molecule has 2 aliphatic rings. The normalized spacial score (nSPS) is 22.3. The summed E-state index contributed by atoms with van der Waals surface area (Å²) in [7, 11) is 0. The topological polar surface area (TPSA) is 68.8 Å². The van der Waals surface area contributed by atoms with Gasteiger partial charge in [0.05, 0.1) is 6.54 Å². The van der Waals surface area contributed by atoms with Crippen molar-refractivity contribution in [3.05, 3.63) is 0 Å². The summed E-state index contributed by atoms with van der Waals surface area (Å²) in [6.45, 7) is 9.67. The van der Waals surface area contributed by atoms with Gasteiger partial charge in [-0.2, -0.15) is 0 Å². The molecule has 1 amide bonds. The van der Waals surface area contributed by atoms with Crippen LogP contribution in [0.5, 0.6) is 0 Å². The van der Waals surface area contributed by atoms with Gasteiger partial charge < -0.3 is 16.0 Å². The SMILES string of the molecule is CCNC(=NCC1CCCN1CC)NCCNC(=O)CC1CCCC1. The number of carbonyl (C=O) groups is 1. The van der Waals surface area contributed by atoms with Crippen LogP contribution in [0.25, 0.3) is 0 Å². The molecule has 1 unspecified atom stereocenters. The van der Waals surface area contributed by atoms with E-state index in [9.17, 15) is 4.79 Å². The summed E-state index contributed by atoms with van der Waals surface area (Å²) in [5.74, 6) is 1.66. The van der Waals surface area contributed by atoms with Crippen LogP contribution in [0.15, 0.2) is 4.99 Å². The lowest BCUT2D eigenvalue weighted by molar-refractivity contribution is -0.121. The number of likely N-dealkylation sites (N-methyl/N-ethyl adjacent to an activating group) is 1. The van der Waals surface area contributed by atoms with Crippen molar-refractivity contribution in [1.29, 1.82) is 0 Å². The third-order valence-electron chi connectivity index (χ3n) is 5.40. The summed E-state index contributed by atoms with van der Waals surface area (Å²) < 4.78 is 0. The van der Waals surface area contributed by atoms with Gasteiger partial charge in [0.15, 0.2) is 5.96 Å². The molecule has 1 heterocycles. The number of guanidine groups is 1. The summed E-state index contributed by atoms with van der Waals surface area (Å²) in [6, 6.07) is 0.576. The van der Waals surface area contributed by atoms with Gasteiger partial charge in [0, 0.05) is 32.1 Å². The van der Waals surface area contributed by atoms with Gasteiger partial charge in [-0.3, -0.25) is 14.7 Å². The van der Waals surface area contributed by atoms with Gasteiger partial charge in [0.2, 0.25) is 5.91 Å². The molecule has 144 valence electrons. The molecule has 6 heteroatoms. The Balaban J connectivity index is 1.64. The first-order chi connectivity index (χ1) is 12.2. The Kier molecular flexibility index (Phi) is 9.08. The van der Waals surface area contributed by atoms with Gasteiger partial charge in [-0.05, 0) is 51.6 Å². The molecule has 0 aromatic heterocycles. The van der Waals surface area contributed by atoms with Crippen LogP contribution in [0, 0.1) is 5.92 Å². The van der Waals surface area contributed by atoms with Crippen LogP contribution in [-0.2, 0) is 4.79 Å². The largest absolute Gasteiger partial charge is 0.357 e. The fourth-order valence-corrected chi connectivity index (χ4v) is 3.99. The van der Waals surface area contributed by atoms with Gasteiger partial charge >= 0.3 is 0 Å². The minimum Gasteiger partial charge on any atom is -0.357 e. The smallest absolute Gasteiger partial charge is 0.220 e. The molecular weight excluding hydrogens is 314 g/mol. The number of nitrogens with zero attached hydrogens (tertiary/aromatic N) is 2. The number of hydrogen-bond donors (Lipinski definition) is 3. The van der Waals surface area contributed by atoms with Crippen molar-refractivity contribution in [2.24, 2.45) is 10.9 Å². The predicted molar refractivity (Wildman–Crippen MR) is 104 cm³/mol. The van der Waals surface area contributed by atoms with Gasteiger partial charge in [-0.1, -0.05) is 19.8 Å². The average molecular weight is 352 g/mol. The zero-order valence-corrected chi connectivity index (χ0v) is 16.1. The number of nitrogens with one attached hydrogen (secondary N) is 3. The zero-order valence-electron chi connectivity index (χ0n) is 16.1. The molecule has 1 atom stereocenters. The molecule has 1 aliphatic heterocycles. The third kappa shape index (κ3) is 7.22. The minimum absolute atomic E-state index is 0.195. The predicted octanol–water partition coefficient (Wildman–Crippen LogP) is 1.72. The number of aliphatic imine (C=N–C) groups is 1. The highest BCUT2D eigenvalue weighted by molar-refractivity contribution is 5.80. The Bertz CT molecular complexity index is 420. The molecule has 6 nitrogen and oxygen atoms in total. The van der Waals surface area contributed by atoms with Crippen molar-refractivity contribution < 1.29 is 4.79 Å². The molecule has 0 radical (unpaired) electrons. The van der Waals surface area contributed by atoms with Crippen LogP contribution >= 0.6 is 0 Å². The second-order valence-electron chi connectivity index (χ2n) is 7.28. The molecular formula is C19H37N5O. The molecule has 3 N–H and O–H groups in total. The quantitative estimate of drug-likeness (QED) is 0.336. The summed E-state index contributed by atoms with van der Waals surface area (Å²) in [5, 5.41) is 9.65. The maximum atomic E-state index is 11.9. The van der Waals surface area contributed by atoms with Crippen molar-refractivity contribution in [3.8, 4) is 0 Å². The first-order valence-corrected chi connectivity index (χ1v) is 10.3. The summed E-state index contributed by atoms with van der Waals surface area (Å²) in [4.78, 5) is 19.2. The first-order valence-electron chi connectivity index (χ1n) is 10.3. The standard InChI is InChI=1S/C19H37N5O/c1-3-20-19(23-15-17-10-7-13-24(17)4-2)22-12-11-21-18(25)14-16-8-5-6-9-16/h16-17H,3-15H2,1-2H3,(H,21,25)(H2,20,22,23). The van der Waals surface area contributed by atoms with Crippen LogP contribution in [0.1, 0.15) is 58.8 Å². The fraction of sp³-hybridized carbons (Fsp3) is 0.895. The highest BCUT2D eigenvalue weighted by atomic mass is 16.1. The van der Waals surface area contributed by atoms with E-state index in [1.54, 1.807) is 0 Å². The average Bonchev–Trinajstić information content (AvgIpc) is 3.27. The summed E-state index contributed by atoms with van der Waals surface area (Å²) in [6.07, 6.45) is 8.25. The van der Waals surface area contributed by atoms with Crippen LogP contribution in [0.2, 0.25) is 0 Å². The molecule has 0 spiro atoms. The Hall–Kier alpha value is -1.30. The highest BCUT2D eigenvalue weighted by Gasteiger charge is 2.22. The van der Waals surface area contributed by atoms with E-state index in [2.05, 4.69) is 34.7 Å². The Labute approximate surface area is 153 Å². The van der Waals surface area contributed by atoms with Crippen LogP contribution in [-0.4, -0.2) is 62.1 Å². The Morgan fingerprint density at radius 3 is 2.52 bits per heavy atom. The van der Waals surface area contributed by atoms with Gasteiger partial charge in [0.25, 0.3) is 0 Å². The fourth-order valence-electron chi connectivity index (χ4n) is 3.99. The lowest BCUT2D eigenvalue weighted by Gasteiger charge is -2.21. The molecule has 0 aromatic rings. The monoisotopic (exact) mass is 351 g/mol. The van der Waals surface area contributed by atoms with Gasteiger partial charge in [-0.25, -0.2) is 0 Å². The van der Waals surface area contributed by atoms with Crippen molar-refractivity contribution in [2.75, 3.05) is 39.3 Å². The van der Waals surface area contributed by atoms with Crippen molar-refractivity contribution >= 4 is 11.9 Å². The van der Waals surface area contributed by atoms with Crippen LogP contribution in [0.3, 0.4) is 0 Å². The molecule has 1 saturated carbocycles. The number of likely N-dealkylation sites (tertiary alicyclic amines) is 1. The highest BCUT2D eigenvalue weighted by Crippen LogP contribution is 2.27. The summed E-state index contributed by atoms with van der Waals surface area (Å²) >= 11 is 0. The van der Waals surface area contributed by atoms with E-state index >= 15 is 0 Å². The maximum Gasteiger partial charge on any atom is 0.220 e. The second kappa shape index (κ2) is 11.3. The number of carbonyl (C=O) groups excluding carboxylic acids is 1. The number of amides is 1. The minimum atomic E-state index is 0.195. The van der Waals surface area contributed by atoms with Gasteiger partial charge in [-0.15, -0.1) is 0 Å². The molecule has 25 heavy (non-hydrogen) atoms. The zero-order chi connectivity index (χ0) is 17.9. The lowest BCUT2D eigenvalue weighted by Crippen LogP contribution is -2.42. The molecule has 2 fully saturated rings. The molecule has 1 saturated heterocycles. The van der Waals surface area contributed by atoms with E-state index in [0.29, 0.717) is 31.5 Å². The number of rotatable bonds is 9. The second-order valence-corrected chi connectivity index (χ2v) is 7.28.